The highest BCUT2D eigenvalue weighted by atomic mass is 35.5. The molecule has 0 aromatic heterocycles. The van der Waals surface area contributed by atoms with E-state index in [4.69, 9.17) is 27.9 Å². The van der Waals surface area contributed by atoms with E-state index >= 15 is 0 Å². The lowest BCUT2D eigenvalue weighted by Gasteiger charge is -2.30. The Bertz CT molecular complexity index is 986. The molecule has 0 spiro atoms. The Labute approximate surface area is 187 Å². The maximum atomic E-state index is 12.8. The number of anilines is 1. The lowest BCUT2D eigenvalue weighted by atomic mass is 9.97. The zero-order chi connectivity index (χ0) is 21.7. The van der Waals surface area contributed by atoms with Crippen molar-refractivity contribution in [3.8, 4) is 0 Å². The monoisotopic (exact) mass is 470 g/mol. The quantitative estimate of drug-likeness (QED) is 0.653. The minimum absolute atomic E-state index is 0.101. The standard InChI is InChI=1S/C21H24Cl2N2O4S/c1-29-13-15-4-2-5-17(12-15)24-21(26)16-8-10-25(11-9-16)30(27,28)14-18-19(22)6-3-7-20(18)23/h2-7,12,16H,8-11,13-14H2,1H3,(H,24,26). The van der Waals surface area contributed by atoms with Gasteiger partial charge < -0.3 is 10.1 Å². The Balaban J connectivity index is 1.58. The molecule has 0 saturated carbocycles. The number of hydrogen-bond donors (Lipinski definition) is 1. The van der Waals surface area contributed by atoms with Gasteiger partial charge >= 0.3 is 0 Å². The van der Waals surface area contributed by atoms with E-state index < -0.39 is 10.0 Å². The highest BCUT2D eigenvalue weighted by molar-refractivity contribution is 7.88. The first kappa shape index (κ1) is 23.0. The summed E-state index contributed by atoms with van der Waals surface area (Å²) in [4.78, 5) is 12.6. The van der Waals surface area contributed by atoms with E-state index in [2.05, 4.69) is 5.32 Å². The van der Waals surface area contributed by atoms with E-state index in [1.54, 1.807) is 25.3 Å². The van der Waals surface area contributed by atoms with Crippen LogP contribution in [0.2, 0.25) is 10.0 Å². The Kier molecular flexibility index (Phi) is 7.76. The SMILES string of the molecule is COCc1cccc(NC(=O)C2CCN(S(=O)(=O)Cc3c(Cl)cccc3Cl)CC2)c1. The van der Waals surface area contributed by atoms with Crippen LogP contribution < -0.4 is 5.32 Å². The molecule has 162 valence electrons. The van der Waals surface area contributed by atoms with E-state index in [9.17, 15) is 13.2 Å². The normalized spacial score (nSPS) is 15.8. The molecular weight excluding hydrogens is 447 g/mol. The number of methoxy groups -OCH3 is 1. The van der Waals surface area contributed by atoms with Gasteiger partial charge in [-0.15, -0.1) is 0 Å². The fourth-order valence-electron chi connectivity index (χ4n) is 3.49. The minimum Gasteiger partial charge on any atom is -0.380 e. The first-order valence-electron chi connectivity index (χ1n) is 9.59. The summed E-state index contributed by atoms with van der Waals surface area (Å²) in [6, 6.07) is 12.4. The van der Waals surface area contributed by atoms with E-state index in [0.717, 1.165) is 5.56 Å². The highest BCUT2D eigenvalue weighted by Crippen LogP contribution is 2.29. The van der Waals surface area contributed by atoms with Crippen LogP contribution in [0, 0.1) is 5.92 Å². The van der Waals surface area contributed by atoms with Crippen LogP contribution in [0.25, 0.3) is 0 Å². The molecule has 0 radical (unpaired) electrons. The molecular formula is C21H24Cl2N2O4S. The first-order chi connectivity index (χ1) is 14.3. The Morgan fingerprint density at radius 2 is 1.77 bits per heavy atom. The van der Waals surface area contributed by atoms with Crippen molar-refractivity contribution < 1.29 is 17.9 Å². The summed E-state index contributed by atoms with van der Waals surface area (Å²) in [7, 11) is -1.96. The molecule has 0 unspecified atom stereocenters. The van der Waals surface area contributed by atoms with E-state index in [-0.39, 0.29) is 30.7 Å². The van der Waals surface area contributed by atoms with E-state index in [0.29, 0.717) is 40.7 Å². The fourth-order valence-corrected chi connectivity index (χ4v) is 5.81. The van der Waals surface area contributed by atoms with Gasteiger partial charge in [0.15, 0.2) is 0 Å². The third-order valence-electron chi connectivity index (χ3n) is 5.11. The van der Waals surface area contributed by atoms with Crippen molar-refractivity contribution in [1.82, 2.24) is 4.31 Å². The average molecular weight is 471 g/mol. The smallest absolute Gasteiger partial charge is 0.227 e. The van der Waals surface area contributed by atoms with E-state index in [1.165, 1.54) is 4.31 Å². The van der Waals surface area contributed by atoms with Crippen molar-refractivity contribution in [2.75, 3.05) is 25.5 Å². The molecule has 30 heavy (non-hydrogen) atoms. The van der Waals surface area contributed by atoms with Gasteiger partial charge in [0, 0.05) is 47.4 Å². The Hall–Kier alpha value is -1.64. The number of hydrogen-bond acceptors (Lipinski definition) is 4. The Morgan fingerprint density at radius 1 is 1.13 bits per heavy atom. The van der Waals surface area contributed by atoms with Crippen molar-refractivity contribution >= 4 is 44.8 Å². The van der Waals surface area contributed by atoms with Gasteiger partial charge in [0.25, 0.3) is 0 Å². The predicted molar refractivity (Wildman–Crippen MR) is 119 cm³/mol. The third-order valence-corrected chi connectivity index (χ3v) is 7.63. The lowest BCUT2D eigenvalue weighted by molar-refractivity contribution is -0.120. The van der Waals surface area contributed by atoms with Crippen molar-refractivity contribution in [1.29, 1.82) is 0 Å². The molecule has 1 fully saturated rings. The van der Waals surface area contributed by atoms with Crippen LogP contribution in [0.15, 0.2) is 42.5 Å². The number of rotatable bonds is 7. The van der Waals surface area contributed by atoms with Gasteiger partial charge in [0.1, 0.15) is 0 Å². The summed E-state index contributed by atoms with van der Waals surface area (Å²) in [6.07, 6.45) is 0.915. The molecule has 2 aromatic carbocycles. The second kappa shape index (κ2) is 10.1. The zero-order valence-corrected chi connectivity index (χ0v) is 18.9. The van der Waals surface area contributed by atoms with Crippen LogP contribution in [0.5, 0.6) is 0 Å². The van der Waals surface area contributed by atoms with Crippen LogP contribution in [0.3, 0.4) is 0 Å². The summed E-state index contributed by atoms with van der Waals surface area (Å²) in [6.45, 7) is 1.04. The maximum absolute atomic E-state index is 12.8. The topological polar surface area (TPSA) is 75.7 Å². The number of amides is 1. The average Bonchev–Trinajstić information content (AvgIpc) is 2.71. The third kappa shape index (κ3) is 5.74. The molecule has 1 aliphatic rings. The van der Waals surface area contributed by atoms with Crippen LogP contribution >= 0.6 is 23.2 Å². The first-order valence-corrected chi connectivity index (χ1v) is 12.0. The Morgan fingerprint density at radius 3 is 2.40 bits per heavy atom. The molecule has 1 heterocycles. The molecule has 0 aliphatic carbocycles. The van der Waals surface area contributed by atoms with Gasteiger partial charge in [-0.05, 0) is 42.7 Å². The summed E-state index contributed by atoms with van der Waals surface area (Å²) >= 11 is 12.2. The molecule has 9 heteroatoms. The van der Waals surface area contributed by atoms with Crippen LogP contribution in [-0.2, 0) is 31.9 Å². The van der Waals surface area contributed by atoms with Crippen molar-refractivity contribution in [2.45, 2.75) is 25.2 Å². The number of sulfonamides is 1. The van der Waals surface area contributed by atoms with Crippen LogP contribution in [0.4, 0.5) is 5.69 Å². The number of halogens is 2. The van der Waals surface area contributed by atoms with Crippen LogP contribution in [0.1, 0.15) is 24.0 Å². The molecule has 2 aromatic rings. The van der Waals surface area contributed by atoms with Crippen molar-refractivity contribution in [3.63, 3.8) is 0 Å². The minimum atomic E-state index is -3.58. The highest BCUT2D eigenvalue weighted by Gasteiger charge is 2.32. The molecule has 1 amide bonds. The fraction of sp³-hybridized carbons (Fsp3) is 0.381. The molecule has 3 rings (SSSR count). The van der Waals surface area contributed by atoms with Gasteiger partial charge in [0.05, 0.1) is 12.4 Å². The number of piperidine rings is 1. The second-order valence-corrected chi connectivity index (χ2v) is 10.0. The van der Waals surface area contributed by atoms with Crippen LogP contribution in [-0.4, -0.2) is 38.8 Å². The van der Waals surface area contributed by atoms with Crippen molar-refractivity contribution in [3.05, 3.63) is 63.6 Å². The summed E-state index contributed by atoms with van der Waals surface area (Å²) in [5.74, 6) is -0.600. The van der Waals surface area contributed by atoms with Gasteiger partial charge in [-0.1, -0.05) is 41.4 Å². The van der Waals surface area contributed by atoms with Gasteiger partial charge in [-0.3, -0.25) is 4.79 Å². The number of benzene rings is 2. The maximum Gasteiger partial charge on any atom is 0.227 e. The summed E-state index contributed by atoms with van der Waals surface area (Å²) in [5.41, 5.74) is 2.07. The number of nitrogens with zero attached hydrogens (tertiary/aromatic N) is 1. The summed E-state index contributed by atoms with van der Waals surface area (Å²) in [5, 5.41) is 3.58. The zero-order valence-electron chi connectivity index (χ0n) is 16.6. The molecule has 1 N–H and O–H groups in total. The predicted octanol–water partition coefficient (Wildman–Crippen LogP) is 4.32. The molecule has 1 aliphatic heterocycles. The number of ether oxygens (including phenoxy) is 1. The molecule has 6 nitrogen and oxygen atoms in total. The molecule has 0 bridgehead atoms. The summed E-state index contributed by atoms with van der Waals surface area (Å²) < 4.78 is 32.2. The second-order valence-electron chi connectivity index (χ2n) is 7.25. The number of nitrogens with one attached hydrogen (secondary N) is 1. The van der Waals surface area contributed by atoms with Gasteiger partial charge in [0.2, 0.25) is 15.9 Å². The molecule has 0 atom stereocenters. The van der Waals surface area contributed by atoms with E-state index in [1.807, 2.05) is 24.3 Å². The van der Waals surface area contributed by atoms with Gasteiger partial charge in [-0.2, -0.15) is 0 Å². The number of carbonyl (C=O) groups excluding carboxylic acids is 1. The number of carbonyl (C=O) groups is 1. The van der Waals surface area contributed by atoms with Crippen molar-refractivity contribution in [2.24, 2.45) is 5.92 Å². The molecule has 1 saturated heterocycles. The van der Waals surface area contributed by atoms with Gasteiger partial charge in [-0.25, -0.2) is 12.7 Å². The largest absolute Gasteiger partial charge is 0.380 e. The lowest BCUT2D eigenvalue weighted by Crippen LogP contribution is -2.42.